The standard InChI is InChI=1S/C42H36N14O19S5/c1-20-4-6-27(33(11-20)77-75-73-62)53-54-30-18-36(80(69,70)71)31(45-9-8-37(57)58)17-29(30)48-41-49-40(50-42(51-41)56-10-2-3-21(19-56)38(43)59)46-23-5-7-26(28(14-23)47-39(44)60)52-55-32-16-25-22(13-35(32)79(66,67)68)12-24(76-74-72-61)15-34(25)78(63,64)65/h2-7,10-19H,8-9H2,1H3,(H13-,43,44,45,46,47,48,49,50,51,53,55,57,58,59,60,61,62,63,64,65,66,67,68,69,70,71)/p+1. The molecule has 5 aromatic carbocycles. The van der Waals surface area contributed by atoms with Crippen LogP contribution in [0.1, 0.15) is 22.3 Å². The van der Waals surface area contributed by atoms with Crippen molar-refractivity contribution in [1.29, 1.82) is 0 Å². The van der Waals surface area contributed by atoms with Crippen LogP contribution in [0.4, 0.5) is 62.2 Å². The van der Waals surface area contributed by atoms with E-state index in [9.17, 15) is 58.4 Å². The first-order valence-corrected chi connectivity index (χ1v) is 27.3. The van der Waals surface area contributed by atoms with E-state index < -0.39 is 75.1 Å². The smallest absolute Gasteiger partial charge is 0.444 e. The lowest BCUT2D eigenvalue weighted by molar-refractivity contribution is -0.603. The van der Waals surface area contributed by atoms with Crippen molar-refractivity contribution in [3.63, 3.8) is 0 Å². The highest BCUT2D eigenvalue weighted by Crippen LogP contribution is 2.41. The number of hydrogen-bond donors (Lipinski definition) is 12. The molecule has 80 heavy (non-hydrogen) atoms. The van der Waals surface area contributed by atoms with Gasteiger partial charge >= 0.3 is 29.8 Å². The minimum Gasteiger partial charge on any atom is -0.481 e. The molecule has 0 aliphatic rings. The average molecular weight is 1200 g/mol. The number of nitrogens with zero attached hydrogens (tertiary/aromatic N) is 8. The summed E-state index contributed by atoms with van der Waals surface area (Å²) in [7, 11) is -15.3. The third-order valence-corrected chi connectivity index (χ3v) is 14.1. The summed E-state index contributed by atoms with van der Waals surface area (Å²) in [4.78, 5) is 47.0. The summed E-state index contributed by atoms with van der Waals surface area (Å²) < 4.78 is 116. The van der Waals surface area contributed by atoms with Crippen LogP contribution in [0.2, 0.25) is 0 Å². The maximum atomic E-state index is 12.8. The zero-order valence-corrected chi connectivity index (χ0v) is 44.0. The van der Waals surface area contributed by atoms with Crippen LogP contribution >= 0.6 is 24.1 Å². The number of benzene rings is 5. The van der Waals surface area contributed by atoms with E-state index in [1.807, 2.05) is 0 Å². The number of pyridine rings is 1. The van der Waals surface area contributed by atoms with Crippen LogP contribution in [-0.2, 0) is 53.9 Å². The van der Waals surface area contributed by atoms with Crippen LogP contribution in [0.5, 0.6) is 0 Å². The number of aliphatic carboxylic acids is 1. The molecule has 0 aliphatic carbocycles. The van der Waals surface area contributed by atoms with Crippen molar-refractivity contribution in [2.75, 3.05) is 27.8 Å². The van der Waals surface area contributed by atoms with Gasteiger partial charge in [0.2, 0.25) is 0 Å². The fraction of sp³-hybridized carbons (Fsp3) is 0.0714. The molecule has 33 nitrogen and oxygen atoms in total. The van der Waals surface area contributed by atoms with Gasteiger partial charge in [-0.1, -0.05) is 16.1 Å². The molecule has 0 spiro atoms. The molecular formula is C42H37N14O19S5+. The highest BCUT2D eigenvalue weighted by Gasteiger charge is 2.26. The lowest BCUT2D eigenvalue weighted by Gasteiger charge is -2.14. The van der Waals surface area contributed by atoms with Gasteiger partial charge in [-0.25, -0.2) is 19.9 Å². The number of fused-ring (bicyclic) bond motifs is 1. The summed E-state index contributed by atoms with van der Waals surface area (Å²) in [6, 6.07) is 15.8. The second-order valence-electron chi connectivity index (χ2n) is 15.8. The number of hydrogen-bond acceptors (Lipinski definition) is 27. The SMILES string of the molecule is Cc1ccc(N=Nc2cc(S(=O)(=O)O)c(NCCC(=O)O)cc2Nc2nc(Nc3ccc(N=Nc4cc5c(S(=O)(=O)O)cc(SOOO)cc5cc4S(=O)(=O)O)c(NC(N)=O)c3)nc(-[n+]3cccc(C(N)=O)c3)n2)c(SOOO)c1. The lowest BCUT2D eigenvalue weighted by Crippen LogP contribution is -2.34. The van der Waals surface area contributed by atoms with Crippen molar-refractivity contribution in [2.45, 2.75) is 37.8 Å². The molecule has 0 atom stereocenters. The first-order valence-electron chi connectivity index (χ1n) is 21.5. The second kappa shape index (κ2) is 25.1. The third kappa shape index (κ3) is 15.4. The Morgan fingerprint density at radius 1 is 0.675 bits per heavy atom. The highest BCUT2D eigenvalue weighted by molar-refractivity contribution is 7.95. The first kappa shape index (κ1) is 59.2. The zero-order chi connectivity index (χ0) is 58.1. The van der Waals surface area contributed by atoms with E-state index in [1.165, 1.54) is 53.4 Å². The van der Waals surface area contributed by atoms with E-state index in [0.717, 1.165) is 36.4 Å². The molecule has 0 bridgehead atoms. The number of primary amides is 2. The fourth-order valence-corrected chi connectivity index (χ4v) is 9.98. The van der Waals surface area contributed by atoms with Crippen molar-refractivity contribution in [3.05, 3.63) is 108 Å². The van der Waals surface area contributed by atoms with E-state index >= 15 is 0 Å². The third-order valence-electron chi connectivity index (χ3n) is 10.2. The van der Waals surface area contributed by atoms with Crippen molar-refractivity contribution in [1.82, 2.24) is 15.0 Å². The molecule has 0 unspecified atom stereocenters. The topological polar surface area (TPSA) is 504 Å². The predicted octanol–water partition coefficient (Wildman–Crippen LogP) is 7.00. The monoisotopic (exact) mass is 1200 g/mol. The van der Waals surface area contributed by atoms with Crippen LogP contribution < -0.4 is 37.3 Å². The van der Waals surface area contributed by atoms with Gasteiger partial charge in [-0.05, 0) is 107 Å². The van der Waals surface area contributed by atoms with Gasteiger partial charge in [0.1, 0.15) is 37.4 Å². The summed E-state index contributed by atoms with van der Waals surface area (Å²) in [5.74, 6) is -3.01. The van der Waals surface area contributed by atoms with Gasteiger partial charge in [0.25, 0.3) is 36.3 Å². The van der Waals surface area contributed by atoms with Gasteiger partial charge in [0.05, 0.1) is 70.4 Å². The van der Waals surface area contributed by atoms with E-state index in [1.54, 1.807) is 19.1 Å². The number of carboxylic acid groups (broad SMARTS) is 1. The van der Waals surface area contributed by atoms with Crippen molar-refractivity contribution >= 4 is 141 Å². The van der Waals surface area contributed by atoms with E-state index in [0.29, 0.717) is 17.6 Å². The molecule has 7 rings (SSSR count). The van der Waals surface area contributed by atoms with Crippen LogP contribution in [0.25, 0.3) is 16.7 Å². The number of nitrogens with one attached hydrogen (secondary N) is 4. The lowest BCUT2D eigenvalue weighted by atomic mass is 10.1. The normalized spacial score (nSPS) is 12.0. The van der Waals surface area contributed by atoms with Gasteiger partial charge in [-0.2, -0.15) is 25.3 Å². The number of anilines is 6. The number of carboxylic acids is 1. The molecule has 0 fully saturated rings. The van der Waals surface area contributed by atoms with Crippen molar-refractivity contribution in [3.8, 4) is 5.95 Å². The molecule has 2 heterocycles. The molecule has 14 N–H and O–H groups in total. The Balaban J connectivity index is 1.34. The Hall–Kier alpha value is -8.48. The average Bonchev–Trinajstić information content (AvgIpc) is 3.38. The molecule has 0 aliphatic heterocycles. The number of nitrogens with two attached hydrogens (primary N) is 2. The minimum absolute atomic E-state index is 0.00611. The summed E-state index contributed by atoms with van der Waals surface area (Å²) in [6.45, 7) is 1.39. The molecule has 7 aromatic rings. The number of aromatic nitrogens is 4. The summed E-state index contributed by atoms with van der Waals surface area (Å²) in [5.41, 5.74) is 9.93. The maximum absolute atomic E-state index is 12.8. The molecular weight excluding hydrogens is 1160 g/mol. The minimum atomic E-state index is -5.17. The van der Waals surface area contributed by atoms with Crippen LogP contribution in [0.15, 0.2) is 142 Å². The first-order chi connectivity index (χ1) is 37.8. The quantitative estimate of drug-likeness (QED) is 0.00723. The van der Waals surface area contributed by atoms with E-state index in [2.05, 4.69) is 75.4 Å². The zero-order valence-electron chi connectivity index (χ0n) is 39.9. The van der Waals surface area contributed by atoms with Crippen molar-refractivity contribution in [2.24, 2.45) is 31.9 Å². The summed E-state index contributed by atoms with van der Waals surface area (Å²) in [5, 5.41) is 60.5. The Bertz CT molecular complexity index is 4010. The summed E-state index contributed by atoms with van der Waals surface area (Å²) >= 11 is 0.806. The van der Waals surface area contributed by atoms with Crippen molar-refractivity contribution < 1.29 is 92.2 Å². The molecule has 2 aromatic heterocycles. The van der Waals surface area contributed by atoms with Gasteiger partial charge < -0.3 is 37.8 Å². The molecule has 38 heteroatoms. The van der Waals surface area contributed by atoms with Crippen LogP contribution in [-0.4, -0.2) is 93.9 Å². The Morgan fingerprint density at radius 3 is 1.99 bits per heavy atom. The molecule has 0 radical (unpaired) electrons. The van der Waals surface area contributed by atoms with Gasteiger partial charge in [-0.3, -0.25) is 23.2 Å². The predicted molar refractivity (Wildman–Crippen MR) is 278 cm³/mol. The molecule has 3 amide bonds. The number of azo groups is 2. The number of aryl methyl sites for hydroxylation is 1. The van der Waals surface area contributed by atoms with E-state index in [-0.39, 0.29) is 102 Å². The fourth-order valence-electron chi connectivity index (χ4n) is 6.89. The van der Waals surface area contributed by atoms with Crippen LogP contribution in [0.3, 0.4) is 0 Å². The van der Waals surface area contributed by atoms with Crippen LogP contribution in [0, 0.1) is 6.92 Å². The number of urea groups is 1. The summed E-state index contributed by atoms with van der Waals surface area (Å²) in [6.07, 6.45) is 2.18. The number of amides is 3. The molecule has 418 valence electrons. The largest absolute Gasteiger partial charge is 0.481 e. The van der Waals surface area contributed by atoms with Gasteiger partial charge in [0.15, 0.2) is 0 Å². The van der Waals surface area contributed by atoms with E-state index in [4.69, 9.17) is 22.0 Å². The Kier molecular flexibility index (Phi) is 18.6. The Morgan fingerprint density at radius 2 is 1.32 bits per heavy atom. The highest BCUT2D eigenvalue weighted by atomic mass is 32.2. The second-order valence-corrected chi connectivity index (χ2v) is 21.5. The molecule has 0 saturated carbocycles. The van der Waals surface area contributed by atoms with Gasteiger partial charge in [-0.15, -0.1) is 34.1 Å². The maximum Gasteiger partial charge on any atom is 0.444 e. The van der Waals surface area contributed by atoms with Gasteiger partial charge in [0, 0.05) is 22.5 Å². The molecule has 0 saturated heterocycles. The number of carbonyl (C=O) groups excluding carboxylic acids is 2. The number of rotatable bonds is 24. The Labute approximate surface area is 457 Å². The number of carbonyl (C=O) groups is 3.